The molecule has 0 bridgehead atoms. The Bertz CT molecular complexity index is 1400. The molecule has 0 spiro atoms. The fraction of sp³-hybridized carbons (Fsp3) is 0.259. The minimum absolute atomic E-state index is 0.00621. The molecule has 0 saturated carbocycles. The van der Waals surface area contributed by atoms with Crippen LogP contribution in [0.2, 0.25) is 15.1 Å². The van der Waals surface area contributed by atoms with E-state index in [1.165, 1.54) is 29.2 Å². The van der Waals surface area contributed by atoms with Crippen LogP contribution in [0.1, 0.15) is 25.0 Å². The first-order valence-corrected chi connectivity index (χ1v) is 14.4. The number of aryl methyl sites for hydroxylation is 1. The molecule has 11 heteroatoms. The fourth-order valence-electron chi connectivity index (χ4n) is 3.76. The van der Waals surface area contributed by atoms with Crippen molar-refractivity contribution in [3.05, 3.63) is 92.9 Å². The van der Waals surface area contributed by atoms with Gasteiger partial charge in [-0.2, -0.15) is 0 Å². The number of benzene rings is 3. The second-order valence-electron chi connectivity index (χ2n) is 8.57. The van der Waals surface area contributed by atoms with Crippen molar-refractivity contribution in [1.82, 2.24) is 10.2 Å². The monoisotopic (exact) mass is 595 g/mol. The van der Waals surface area contributed by atoms with Gasteiger partial charge in [-0.25, -0.2) is 8.42 Å². The van der Waals surface area contributed by atoms with Crippen LogP contribution in [0.4, 0.5) is 5.69 Å². The molecule has 3 rings (SSSR count). The molecule has 0 aliphatic carbocycles. The molecule has 0 aliphatic rings. The molecule has 0 aromatic heterocycles. The summed E-state index contributed by atoms with van der Waals surface area (Å²) in [6.45, 7) is 4.77. The lowest BCUT2D eigenvalue weighted by Gasteiger charge is -2.32. The lowest BCUT2D eigenvalue weighted by atomic mass is 10.1. The summed E-state index contributed by atoms with van der Waals surface area (Å²) < 4.78 is 28.6. The Labute approximate surface area is 238 Å². The number of carbonyl (C=O) groups is 2. The standard InChI is InChI=1S/C27H28Cl3N3O4S/c1-4-31-27(35)19(3)32(16-21-22(28)9-7-10-23(21)29)26(34)17-33(25-11-6-5-8-24(25)30)38(36,37)20-14-12-18(2)13-15-20/h5-15,19H,4,16-17H2,1-3H3,(H,31,35)/t19-/m0/s1. The predicted octanol–water partition coefficient (Wildman–Crippen LogP) is 5.70. The number of amides is 2. The molecule has 1 atom stereocenters. The first kappa shape index (κ1) is 29.8. The number of halogens is 3. The highest BCUT2D eigenvalue weighted by Gasteiger charge is 2.33. The number of likely N-dealkylation sites (N-methyl/N-ethyl adjacent to an activating group) is 1. The van der Waals surface area contributed by atoms with Crippen LogP contribution in [-0.4, -0.2) is 44.3 Å². The van der Waals surface area contributed by atoms with Gasteiger partial charge in [0.15, 0.2) is 0 Å². The Kier molecular flexibility index (Phi) is 10.1. The van der Waals surface area contributed by atoms with Crippen LogP contribution < -0.4 is 9.62 Å². The Hall–Kier alpha value is -2.78. The zero-order valence-corrected chi connectivity index (χ0v) is 24.2. The Morgan fingerprint density at radius 1 is 0.895 bits per heavy atom. The molecule has 202 valence electrons. The van der Waals surface area contributed by atoms with Crippen molar-refractivity contribution in [1.29, 1.82) is 0 Å². The number of para-hydroxylation sites is 1. The Morgan fingerprint density at radius 3 is 2.05 bits per heavy atom. The molecule has 38 heavy (non-hydrogen) atoms. The number of anilines is 1. The molecular formula is C27H28Cl3N3O4S. The average molecular weight is 597 g/mol. The van der Waals surface area contributed by atoms with E-state index in [1.807, 2.05) is 6.92 Å². The maximum atomic E-state index is 13.9. The van der Waals surface area contributed by atoms with Crippen LogP contribution in [0.15, 0.2) is 71.6 Å². The van der Waals surface area contributed by atoms with Crippen LogP contribution in [-0.2, 0) is 26.2 Å². The number of rotatable bonds is 10. The number of nitrogens with one attached hydrogen (secondary N) is 1. The summed E-state index contributed by atoms with van der Waals surface area (Å²) in [4.78, 5) is 27.9. The van der Waals surface area contributed by atoms with E-state index in [4.69, 9.17) is 34.8 Å². The van der Waals surface area contributed by atoms with Gasteiger partial charge in [0, 0.05) is 28.7 Å². The minimum atomic E-state index is -4.22. The lowest BCUT2D eigenvalue weighted by molar-refractivity contribution is -0.139. The van der Waals surface area contributed by atoms with Gasteiger partial charge in [-0.05, 0) is 57.2 Å². The largest absolute Gasteiger partial charge is 0.355 e. The zero-order valence-electron chi connectivity index (χ0n) is 21.1. The molecule has 0 saturated heterocycles. The smallest absolute Gasteiger partial charge is 0.264 e. The number of hydrogen-bond donors (Lipinski definition) is 1. The van der Waals surface area contributed by atoms with Crippen LogP contribution in [0, 0.1) is 6.92 Å². The van der Waals surface area contributed by atoms with Crippen LogP contribution in [0.3, 0.4) is 0 Å². The third-order valence-electron chi connectivity index (χ3n) is 5.92. The molecule has 3 aromatic rings. The first-order valence-electron chi connectivity index (χ1n) is 11.8. The molecule has 0 aliphatic heterocycles. The molecule has 1 N–H and O–H groups in total. The van der Waals surface area contributed by atoms with Crippen molar-refractivity contribution in [2.24, 2.45) is 0 Å². The van der Waals surface area contributed by atoms with Gasteiger partial charge in [-0.3, -0.25) is 13.9 Å². The van der Waals surface area contributed by atoms with Gasteiger partial charge in [0.1, 0.15) is 12.6 Å². The molecular weight excluding hydrogens is 569 g/mol. The summed E-state index contributed by atoms with van der Waals surface area (Å²) >= 11 is 19.1. The van der Waals surface area contributed by atoms with E-state index >= 15 is 0 Å². The van der Waals surface area contributed by atoms with Crippen LogP contribution >= 0.6 is 34.8 Å². The summed E-state index contributed by atoms with van der Waals surface area (Å²) in [5.41, 5.74) is 1.44. The van der Waals surface area contributed by atoms with E-state index in [0.717, 1.165) is 9.87 Å². The van der Waals surface area contributed by atoms with E-state index in [1.54, 1.807) is 56.3 Å². The molecule has 0 unspecified atom stereocenters. The van der Waals surface area contributed by atoms with E-state index < -0.39 is 34.4 Å². The molecule has 7 nitrogen and oxygen atoms in total. The van der Waals surface area contributed by atoms with Gasteiger partial charge >= 0.3 is 0 Å². The third-order valence-corrected chi connectivity index (χ3v) is 8.72. The highest BCUT2D eigenvalue weighted by Crippen LogP contribution is 2.31. The maximum absolute atomic E-state index is 13.9. The summed E-state index contributed by atoms with van der Waals surface area (Å²) in [7, 11) is -4.22. The second-order valence-corrected chi connectivity index (χ2v) is 11.7. The number of hydrogen-bond acceptors (Lipinski definition) is 4. The topological polar surface area (TPSA) is 86.8 Å². The van der Waals surface area contributed by atoms with E-state index in [9.17, 15) is 18.0 Å². The lowest BCUT2D eigenvalue weighted by Crippen LogP contribution is -2.51. The highest BCUT2D eigenvalue weighted by molar-refractivity contribution is 7.92. The first-order chi connectivity index (χ1) is 18.0. The molecule has 2 amide bonds. The average Bonchev–Trinajstić information content (AvgIpc) is 2.87. The number of carbonyl (C=O) groups excluding carboxylic acids is 2. The summed E-state index contributed by atoms with van der Waals surface area (Å²) in [5.74, 6) is -1.05. The van der Waals surface area contributed by atoms with Gasteiger partial charge in [0.05, 0.1) is 15.6 Å². The quantitative estimate of drug-likeness (QED) is 0.325. The van der Waals surface area contributed by atoms with Crippen LogP contribution in [0.5, 0.6) is 0 Å². The van der Waals surface area contributed by atoms with Crippen molar-refractivity contribution < 1.29 is 18.0 Å². The minimum Gasteiger partial charge on any atom is -0.355 e. The molecule has 0 radical (unpaired) electrons. The van der Waals surface area contributed by atoms with Gasteiger partial charge in [0.25, 0.3) is 10.0 Å². The summed E-state index contributed by atoms with van der Waals surface area (Å²) in [6, 6.07) is 16.6. The van der Waals surface area contributed by atoms with Gasteiger partial charge in [0.2, 0.25) is 11.8 Å². The summed E-state index contributed by atoms with van der Waals surface area (Å²) in [6.07, 6.45) is 0. The van der Waals surface area contributed by atoms with Gasteiger partial charge in [-0.15, -0.1) is 0 Å². The molecule has 0 heterocycles. The molecule has 0 fully saturated rings. The number of sulfonamides is 1. The van der Waals surface area contributed by atoms with E-state index in [0.29, 0.717) is 22.2 Å². The Morgan fingerprint density at radius 2 is 1.47 bits per heavy atom. The van der Waals surface area contributed by atoms with Crippen molar-refractivity contribution in [2.75, 3.05) is 17.4 Å². The van der Waals surface area contributed by atoms with Gasteiger partial charge < -0.3 is 10.2 Å². The Balaban J connectivity index is 2.08. The summed E-state index contributed by atoms with van der Waals surface area (Å²) in [5, 5.41) is 3.47. The fourth-order valence-corrected chi connectivity index (χ4v) is 6.00. The van der Waals surface area contributed by atoms with Crippen LogP contribution in [0.25, 0.3) is 0 Å². The zero-order chi connectivity index (χ0) is 28.0. The predicted molar refractivity (Wildman–Crippen MR) is 152 cm³/mol. The van der Waals surface area contributed by atoms with Crippen molar-refractivity contribution in [2.45, 2.75) is 38.3 Å². The van der Waals surface area contributed by atoms with Gasteiger partial charge in [-0.1, -0.05) is 70.7 Å². The SMILES string of the molecule is CCNC(=O)[C@H](C)N(Cc1c(Cl)cccc1Cl)C(=O)CN(c1ccccc1Cl)S(=O)(=O)c1ccc(C)cc1. The second kappa shape index (κ2) is 12.8. The van der Waals surface area contributed by atoms with E-state index in [-0.39, 0.29) is 22.2 Å². The number of nitrogens with zero attached hydrogens (tertiary/aromatic N) is 2. The van der Waals surface area contributed by atoms with Crippen molar-refractivity contribution in [3.8, 4) is 0 Å². The normalized spacial score (nSPS) is 12.1. The highest BCUT2D eigenvalue weighted by atomic mass is 35.5. The maximum Gasteiger partial charge on any atom is 0.264 e. The van der Waals surface area contributed by atoms with Crippen molar-refractivity contribution in [3.63, 3.8) is 0 Å². The van der Waals surface area contributed by atoms with E-state index in [2.05, 4.69) is 5.32 Å². The molecule has 3 aromatic carbocycles. The third kappa shape index (κ3) is 6.80. The van der Waals surface area contributed by atoms with Crippen molar-refractivity contribution >= 4 is 62.3 Å².